The molecule has 1 unspecified atom stereocenters. The van der Waals surface area contributed by atoms with Gasteiger partial charge in [0.2, 0.25) is 0 Å². The minimum atomic E-state index is -0.144. The van der Waals surface area contributed by atoms with Crippen molar-refractivity contribution in [3.63, 3.8) is 0 Å². The number of unbranched alkanes of at least 4 members (excludes halogenated alkanes) is 2. The van der Waals surface area contributed by atoms with Gasteiger partial charge in [-0.2, -0.15) is 0 Å². The fraction of sp³-hybridized carbons (Fsp3) is 0.583. The summed E-state index contributed by atoms with van der Waals surface area (Å²) in [5.74, 6) is 0.212. The predicted octanol–water partition coefficient (Wildman–Crippen LogP) is 3.74. The van der Waals surface area contributed by atoms with Crippen molar-refractivity contribution in [3.8, 4) is 0 Å². The molecule has 3 nitrogen and oxygen atoms in total. The summed E-state index contributed by atoms with van der Waals surface area (Å²) in [6, 6.07) is 3.58. The van der Waals surface area contributed by atoms with Crippen LogP contribution in [0.3, 0.4) is 0 Å². The van der Waals surface area contributed by atoms with Crippen molar-refractivity contribution >= 4 is 21.8 Å². The summed E-state index contributed by atoms with van der Waals surface area (Å²) in [7, 11) is 0. The van der Waals surface area contributed by atoms with Crippen LogP contribution < -0.4 is 5.32 Å². The van der Waals surface area contributed by atoms with Gasteiger partial charge in [-0.25, -0.2) is 0 Å². The molecule has 0 aromatic carbocycles. The van der Waals surface area contributed by atoms with E-state index in [-0.39, 0.29) is 11.9 Å². The quantitative estimate of drug-likeness (QED) is 0.810. The Balaban J connectivity index is 2.33. The van der Waals surface area contributed by atoms with E-state index in [0.29, 0.717) is 10.4 Å². The first-order valence-corrected chi connectivity index (χ1v) is 6.49. The first-order valence-electron chi connectivity index (χ1n) is 5.69. The van der Waals surface area contributed by atoms with E-state index in [0.717, 1.165) is 12.8 Å². The van der Waals surface area contributed by atoms with Crippen LogP contribution in [0, 0.1) is 0 Å². The SMILES string of the molecule is CCCCCC(C)NC(=O)c1ccc(Br)o1. The highest BCUT2D eigenvalue weighted by Gasteiger charge is 2.12. The van der Waals surface area contributed by atoms with Gasteiger partial charge in [-0.05, 0) is 41.4 Å². The zero-order valence-electron chi connectivity index (χ0n) is 9.75. The number of amides is 1. The van der Waals surface area contributed by atoms with Crippen molar-refractivity contribution < 1.29 is 9.21 Å². The molecule has 0 radical (unpaired) electrons. The van der Waals surface area contributed by atoms with Gasteiger partial charge in [0.25, 0.3) is 5.91 Å². The highest BCUT2D eigenvalue weighted by Crippen LogP contribution is 2.14. The standard InChI is InChI=1S/C12H18BrNO2/c1-3-4-5-6-9(2)14-12(15)10-7-8-11(13)16-10/h7-9H,3-6H2,1-2H3,(H,14,15). The molecular formula is C12H18BrNO2. The third kappa shape index (κ3) is 4.39. The lowest BCUT2D eigenvalue weighted by Gasteiger charge is -2.12. The molecule has 0 saturated heterocycles. The number of hydrogen-bond acceptors (Lipinski definition) is 2. The van der Waals surface area contributed by atoms with Crippen LogP contribution in [0.15, 0.2) is 21.2 Å². The number of furan rings is 1. The first-order chi connectivity index (χ1) is 7.63. The van der Waals surface area contributed by atoms with Crippen molar-refractivity contribution in [3.05, 3.63) is 22.6 Å². The topological polar surface area (TPSA) is 42.2 Å². The second-order valence-corrected chi connectivity index (χ2v) is 4.76. The molecule has 0 fully saturated rings. The molecule has 0 bridgehead atoms. The van der Waals surface area contributed by atoms with E-state index in [1.807, 2.05) is 6.92 Å². The molecule has 90 valence electrons. The summed E-state index contributed by atoms with van der Waals surface area (Å²) in [4.78, 5) is 11.7. The van der Waals surface area contributed by atoms with Crippen LogP contribution in [0.25, 0.3) is 0 Å². The zero-order chi connectivity index (χ0) is 12.0. The molecule has 1 N–H and O–H groups in total. The average molecular weight is 288 g/mol. The molecule has 0 spiro atoms. The molecule has 0 saturated carbocycles. The number of rotatable bonds is 6. The molecular weight excluding hydrogens is 270 g/mol. The number of nitrogens with one attached hydrogen (secondary N) is 1. The summed E-state index contributed by atoms with van der Waals surface area (Å²) >= 11 is 3.17. The lowest BCUT2D eigenvalue weighted by molar-refractivity contribution is 0.0908. The fourth-order valence-corrected chi connectivity index (χ4v) is 1.81. The van der Waals surface area contributed by atoms with Crippen LogP contribution in [0.5, 0.6) is 0 Å². The van der Waals surface area contributed by atoms with Crippen molar-refractivity contribution in [2.24, 2.45) is 0 Å². The van der Waals surface area contributed by atoms with E-state index in [9.17, 15) is 4.79 Å². The molecule has 1 aromatic heterocycles. The van der Waals surface area contributed by atoms with Gasteiger partial charge in [0.15, 0.2) is 10.4 Å². The molecule has 1 rings (SSSR count). The summed E-state index contributed by atoms with van der Waals surface area (Å²) in [6.45, 7) is 4.19. The Morgan fingerprint density at radius 3 is 2.81 bits per heavy atom. The molecule has 1 heterocycles. The minimum Gasteiger partial charge on any atom is -0.444 e. The lowest BCUT2D eigenvalue weighted by Crippen LogP contribution is -2.32. The number of hydrogen-bond donors (Lipinski definition) is 1. The van der Waals surface area contributed by atoms with E-state index < -0.39 is 0 Å². The number of halogens is 1. The second-order valence-electron chi connectivity index (χ2n) is 3.97. The van der Waals surface area contributed by atoms with Crippen LogP contribution in [0.1, 0.15) is 50.1 Å². The average Bonchev–Trinajstić information content (AvgIpc) is 2.65. The Hall–Kier alpha value is -0.770. The Morgan fingerprint density at radius 1 is 1.50 bits per heavy atom. The molecule has 4 heteroatoms. The van der Waals surface area contributed by atoms with Gasteiger partial charge in [0, 0.05) is 6.04 Å². The maximum absolute atomic E-state index is 11.7. The summed E-state index contributed by atoms with van der Waals surface area (Å²) in [5, 5.41) is 2.91. The summed E-state index contributed by atoms with van der Waals surface area (Å²) in [6.07, 6.45) is 4.58. The van der Waals surface area contributed by atoms with E-state index in [1.165, 1.54) is 12.8 Å². The van der Waals surface area contributed by atoms with Crippen LogP contribution in [-0.4, -0.2) is 11.9 Å². The summed E-state index contributed by atoms with van der Waals surface area (Å²) < 4.78 is 5.76. The maximum Gasteiger partial charge on any atom is 0.287 e. The Bertz CT molecular complexity index is 336. The molecule has 1 aromatic rings. The van der Waals surface area contributed by atoms with E-state index in [2.05, 4.69) is 28.2 Å². The summed E-state index contributed by atoms with van der Waals surface area (Å²) in [5.41, 5.74) is 0. The molecule has 16 heavy (non-hydrogen) atoms. The van der Waals surface area contributed by atoms with E-state index in [4.69, 9.17) is 4.42 Å². The minimum absolute atomic E-state index is 0.144. The largest absolute Gasteiger partial charge is 0.444 e. The Labute approximate surface area is 105 Å². The molecule has 0 aliphatic heterocycles. The van der Waals surface area contributed by atoms with E-state index >= 15 is 0 Å². The lowest BCUT2D eigenvalue weighted by atomic mass is 10.1. The zero-order valence-corrected chi connectivity index (χ0v) is 11.3. The Kier molecular flexibility index (Phi) is 5.60. The third-order valence-corrected chi connectivity index (χ3v) is 2.84. The molecule has 0 aliphatic rings. The van der Waals surface area contributed by atoms with Crippen molar-refractivity contribution in [2.45, 2.75) is 45.6 Å². The van der Waals surface area contributed by atoms with Crippen molar-refractivity contribution in [1.29, 1.82) is 0 Å². The smallest absolute Gasteiger partial charge is 0.287 e. The van der Waals surface area contributed by atoms with Crippen molar-refractivity contribution in [1.82, 2.24) is 5.32 Å². The fourth-order valence-electron chi connectivity index (χ4n) is 1.50. The second kappa shape index (κ2) is 6.74. The third-order valence-electron chi connectivity index (χ3n) is 2.42. The van der Waals surface area contributed by atoms with Crippen molar-refractivity contribution in [2.75, 3.05) is 0 Å². The number of carbonyl (C=O) groups is 1. The molecule has 1 amide bonds. The Morgan fingerprint density at radius 2 is 2.25 bits per heavy atom. The van der Waals surface area contributed by atoms with Crippen LogP contribution >= 0.6 is 15.9 Å². The first kappa shape index (κ1) is 13.3. The van der Waals surface area contributed by atoms with Gasteiger partial charge in [0.05, 0.1) is 0 Å². The van der Waals surface area contributed by atoms with Gasteiger partial charge < -0.3 is 9.73 Å². The van der Waals surface area contributed by atoms with Crippen LogP contribution in [-0.2, 0) is 0 Å². The van der Waals surface area contributed by atoms with Gasteiger partial charge in [0.1, 0.15) is 0 Å². The van der Waals surface area contributed by atoms with Gasteiger partial charge in [-0.15, -0.1) is 0 Å². The molecule has 0 aliphatic carbocycles. The normalized spacial score (nSPS) is 12.4. The van der Waals surface area contributed by atoms with E-state index in [1.54, 1.807) is 12.1 Å². The predicted molar refractivity (Wildman–Crippen MR) is 67.5 cm³/mol. The highest BCUT2D eigenvalue weighted by molar-refractivity contribution is 9.10. The van der Waals surface area contributed by atoms with Crippen LogP contribution in [0.2, 0.25) is 0 Å². The van der Waals surface area contributed by atoms with Gasteiger partial charge >= 0.3 is 0 Å². The molecule has 1 atom stereocenters. The maximum atomic E-state index is 11.7. The van der Waals surface area contributed by atoms with Gasteiger partial charge in [-0.3, -0.25) is 4.79 Å². The van der Waals surface area contributed by atoms with Crippen LogP contribution in [0.4, 0.5) is 0 Å². The number of carbonyl (C=O) groups excluding carboxylic acids is 1. The van der Waals surface area contributed by atoms with Gasteiger partial charge in [-0.1, -0.05) is 26.2 Å². The highest BCUT2D eigenvalue weighted by atomic mass is 79.9. The monoisotopic (exact) mass is 287 g/mol.